The summed E-state index contributed by atoms with van der Waals surface area (Å²) in [6.07, 6.45) is 0. The first-order valence-electron chi connectivity index (χ1n) is 5.39. The van der Waals surface area contributed by atoms with Gasteiger partial charge in [-0.1, -0.05) is 12.1 Å². The maximum absolute atomic E-state index is 11.4. The lowest BCUT2D eigenvalue weighted by Gasteiger charge is -2.12. The van der Waals surface area contributed by atoms with Crippen molar-refractivity contribution in [3.8, 4) is 0 Å². The van der Waals surface area contributed by atoms with Crippen LogP contribution in [0.15, 0.2) is 18.2 Å². The molecule has 0 unspecified atom stereocenters. The van der Waals surface area contributed by atoms with Gasteiger partial charge in [-0.2, -0.15) is 0 Å². The van der Waals surface area contributed by atoms with Gasteiger partial charge < -0.3 is 16.4 Å². The van der Waals surface area contributed by atoms with Crippen LogP contribution >= 0.6 is 0 Å². The van der Waals surface area contributed by atoms with Gasteiger partial charge in [0.25, 0.3) is 0 Å². The minimum Gasteiger partial charge on any atom is -0.399 e. The minimum absolute atomic E-state index is 0.141. The fourth-order valence-corrected chi connectivity index (χ4v) is 1.38. The molecule has 0 atom stereocenters. The summed E-state index contributed by atoms with van der Waals surface area (Å²) >= 11 is 0. The van der Waals surface area contributed by atoms with Gasteiger partial charge in [0.1, 0.15) is 0 Å². The Morgan fingerprint density at radius 3 is 2.75 bits per heavy atom. The van der Waals surface area contributed by atoms with Crippen molar-refractivity contribution in [1.82, 2.24) is 10.6 Å². The number of amides is 2. The van der Waals surface area contributed by atoms with E-state index >= 15 is 0 Å². The summed E-state index contributed by atoms with van der Waals surface area (Å²) in [5, 5.41) is 5.56. The third kappa shape index (κ3) is 3.46. The number of benzene rings is 1. The molecule has 1 aromatic rings. The maximum Gasteiger partial charge on any atom is 0.315 e. The zero-order valence-electron chi connectivity index (χ0n) is 10.0. The maximum atomic E-state index is 11.4. The molecule has 16 heavy (non-hydrogen) atoms. The van der Waals surface area contributed by atoms with Crippen LogP contribution in [0.4, 0.5) is 10.5 Å². The summed E-state index contributed by atoms with van der Waals surface area (Å²) in [6, 6.07) is 5.69. The molecule has 0 aliphatic heterocycles. The van der Waals surface area contributed by atoms with Crippen LogP contribution in [0.25, 0.3) is 0 Å². The van der Waals surface area contributed by atoms with Crippen molar-refractivity contribution in [2.45, 2.75) is 33.4 Å². The fraction of sp³-hybridized carbons (Fsp3) is 0.417. The second-order valence-corrected chi connectivity index (χ2v) is 4.11. The number of nitrogens with one attached hydrogen (secondary N) is 2. The number of anilines is 1. The number of hydrogen-bond acceptors (Lipinski definition) is 2. The Morgan fingerprint density at radius 2 is 2.12 bits per heavy atom. The van der Waals surface area contributed by atoms with Crippen molar-refractivity contribution in [3.63, 3.8) is 0 Å². The first-order valence-corrected chi connectivity index (χ1v) is 5.39. The molecule has 0 aliphatic rings. The van der Waals surface area contributed by atoms with E-state index in [0.717, 1.165) is 16.8 Å². The van der Waals surface area contributed by atoms with Crippen LogP contribution in [-0.4, -0.2) is 12.1 Å². The second-order valence-electron chi connectivity index (χ2n) is 4.11. The van der Waals surface area contributed by atoms with Crippen LogP contribution in [-0.2, 0) is 6.54 Å². The molecule has 0 saturated carbocycles. The van der Waals surface area contributed by atoms with Gasteiger partial charge in [-0.3, -0.25) is 0 Å². The highest BCUT2D eigenvalue weighted by atomic mass is 16.2. The summed E-state index contributed by atoms with van der Waals surface area (Å²) in [4.78, 5) is 11.4. The topological polar surface area (TPSA) is 67.1 Å². The Morgan fingerprint density at radius 1 is 1.44 bits per heavy atom. The van der Waals surface area contributed by atoms with E-state index in [2.05, 4.69) is 10.6 Å². The van der Waals surface area contributed by atoms with Crippen LogP contribution in [0.5, 0.6) is 0 Å². The first kappa shape index (κ1) is 12.4. The Balaban J connectivity index is 2.55. The van der Waals surface area contributed by atoms with Crippen LogP contribution in [0.2, 0.25) is 0 Å². The molecule has 0 aliphatic carbocycles. The van der Waals surface area contributed by atoms with E-state index in [1.54, 1.807) is 0 Å². The number of urea groups is 1. The van der Waals surface area contributed by atoms with E-state index in [1.165, 1.54) is 0 Å². The summed E-state index contributed by atoms with van der Waals surface area (Å²) in [6.45, 7) is 6.29. The largest absolute Gasteiger partial charge is 0.399 e. The zero-order valence-corrected chi connectivity index (χ0v) is 10.0. The van der Waals surface area contributed by atoms with Crippen LogP contribution < -0.4 is 16.4 Å². The zero-order chi connectivity index (χ0) is 12.1. The summed E-state index contributed by atoms with van der Waals surface area (Å²) in [7, 11) is 0. The van der Waals surface area contributed by atoms with Crippen LogP contribution in [0.1, 0.15) is 25.0 Å². The molecule has 1 rings (SSSR count). The lowest BCUT2D eigenvalue weighted by molar-refractivity contribution is 0.238. The summed E-state index contributed by atoms with van der Waals surface area (Å²) in [5.74, 6) is 0. The fourth-order valence-electron chi connectivity index (χ4n) is 1.38. The molecule has 88 valence electrons. The van der Waals surface area contributed by atoms with Crippen LogP contribution in [0, 0.1) is 6.92 Å². The monoisotopic (exact) mass is 221 g/mol. The molecule has 4 nitrogen and oxygen atoms in total. The SMILES string of the molecule is Cc1c(N)cccc1CNC(=O)NC(C)C. The van der Waals surface area contributed by atoms with Crippen molar-refractivity contribution in [1.29, 1.82) is 0 Å². The number of nitrogen functional groups attached to an aromatic ring is 1. The third-order valence-electron chi connectivity index (χ3n) is 2.35. The molecule has 0 heterocycles. The van der Waals surface area contributed by atoms with Gasteiger partial charge in [0.2, 0.25) is 0 Å². The lowest BCUT2D eigenvalue weighted by atomic mass is 10.1. The average molecular weight is 221 g/mol. The standard InChI is InChI=1S/C12H19N3O/c1-8(2)15-12(16)14-7-10-5-4-6-11(13)9(10)3/h4-6,8H,7,13H2,1-3H3,(H2,14,15,16). The number of hydrogen-bond donors (Lipinski definition) is 3. The number of nitrogens with two attached hydrogens (primary N) is 1. The molecule has 4 N–H and O–H groups in total. The first-order chi connectivity index (χ1) is 7.50. The lowest BCUT2D eigenvalue weighted by Crippen LogP contribution is -2.39. The normalized spacial score (nSPS) is 10.2. The van der Waals surface area contributed by atoms with Gasteiger partial charge in [0.15, 0.2) is 0 Å². The molecule has 0 saturated heterocycles. The molecular formula is C12H19N3O. The van der Waals surface area contributed by atoms with E-state index in [4.69, 9.17) is 5.73 Å². The van der Waals surface area contributed by atoms with Crippen molar-refractivity contribution >= 4 is 11.7 Å². The van der Waals surface area contributed by atoms with Crippen molar-refractivity contribution < 1.29 is 4.79 Å². The molecule has 0 aromatic heterocycles. The van der Waals surface area contributed by atoms with E-state index in [1.807, 2.05) is 39.0 Å². The molecule has 4 heteroatoms. The van der Waals surface area contributed by atoms with Crippen LogP contribution in [0.3, 0.4) is 0 Å². The van der Waals surface area contributed by atoms with Gasteiger partial charge in [-0.05, 0) is 38.0 Å². The molecular weight excluding hydrogens is 202 g/mol. The van der Waals surface area contributed by atoms with Gasteiger partial charge in [0.05, 0.1) is 0 Å². The van der Waals surface area contributed by atoms with E-state index in [-0.39, 0.29) is 12.1 Å². The highest BCUT2D eigenvalue weighted by Crippen LogP contribution is 2.14. The molecule has 2 amide bonds. The molecule has 0 spiro atoms. The molecule has 0 radical (unpaired) electrons. The molecule has 0 bridgehead atoms. The Kier molecular flexibility index (Phi) is 4.17. The van der Waals surface area contributed by atoms with Crippen molar-refractivity contribution in [2.24, 2.45) is 0 Å². The Bertz CT molecular complexity index is 375. The summed E-state index contributed by atoms with van der Waals surface area (Å²) in [5.41, 5.74) is 8.59. The summed E-state index contributed by atoms with van der Waals surface area (Å²) < 4.78 is 0. The predicted octanol–water partition coefficient (Wildman–Crippen LogP) is 1.78. The van der Waals surface area contributed by atoms with Gasteiger partial charge in [-0.15, -0.1) is 0 Å². The van der Waals surface area contributed by atoms with E-state index < -0.39 is 0 Å². The van der Waals surface area contributed by atoms with Crippen molar-refractivity contribution in [2.75, 3.05) is 5.73 Å². The third-order valence-corrected chi connectivity index (χ3v) is 2.35. The molecule has 1 aromatic carbocycles. The quantitative estimate of drug-likeness (QED) is 0.681. The number of rotatable bonds is 3. The Hall–Kier alpha value is -1.71. The van der Waals surface area contributed by atoms with Gasteiger partial charge in [0, 0.05) is 18.3 Å². The van der Waals surface area contributed by atoms with E-state index in [9.17, 15) is 4.79 Å². The smallest absolute Gasteiger partial charge is 0.315 e. The number of carbonyl (C=O) groups excluding carboxylic acids is 1. The highest BCUT2D eigenvalue weighted by molar-refractivity contribution is 5.74. The highest BCUT2D eigenvalue weighted by Gasteiger charge is 2.04. The van der Waals surface area contributed by atoms with Gasteiger partial charge >= 0.3 is 6.03 Å². The Labute approximate surface area is 96.2 Å². The second kappa shape index (κ2) is 5.39. The minimum atomic E-state index is -0.156. The predicted molar refractivity (Wildman–Crippen MR) is 66.1 cm³/mol. The van der Waals surface area contributed by atoms with Gasteiger partial charge in [-0.25, -0.2) is 4.79 Å². The average Bonchev–Trinajstić information content (AvgIpc) is 2.19. The number of carbonyl (C=O) groups is 1. The van der Waals surface area contributed by atoms with E-state index in [0.29, 0.717) is 6.54 Å². The molecule has 0 fully saturated rings. The van der Waals surface area contributed by atoms with Crippen molar-refractivity contribution in [3.05, 3.63) is 29.3 Å².